The summed E-state index contributed by atoms with van der Waals surface area (Å²) in [6.45, 7) is 7.11. The topological polar surface area (TPSA) is 41.9 Å². The van der Waals surface area contributed by atoms with E-state index in [1.807, 2.05) is 30.3 Å². The van der Waals surface area contributed by atoms with Gasteiger partial charge in [-0.3, -0.25) is 4.79 Å². The number of hydrogen-bond acceptors (Lipinski definition) is 4. The molecule has 134 valence electrons. The molecule has 1 saturated heterocycles. The summed E-state index contributed by atoms with van der Waals surface area (Å²) in [5.41, 5.74) is 0.943. The van der Waals surface area contributed by atoms with Crippen molar-refractivity contribution in [3.63, 3.8) is 0 Å². The lowest BCUT2D eigenvalue weighted by molar-refractivity contribution is -0.113. The van der Waals surface area contributed by atoms with Gasteiger partial charge in [0.2, 0.25) is 0 Å². The summed E-state index contributed by atoms with van der Waals surface area (Å²) in [6, 6.07) is 7.88. The minimum Gasteiger partial charge on any atom is -0.493 e. The second-order valence-corrected chi connectivity index (χ2v) is 7.73. The van der Waals surface area contributed by atoms with E-state index < -0.39 is 0 Å². The third-order valence-corrected chi connectivity index (χ3v) is 5.67. The standard InChI is InChI=1S/C20H26N2O2S/c1-3-4-13-24-17-8-6-5-7-16(17)14-18-19(23)21-20(25-18)22-11-9-15(2)10-12-22/h5-8,14-15H,3-4,9-13H2,1-2H3/b18-14+. The summed E-state index contributed by atoms with van der Waals surface area (Å²) in [5.74, 6) is 1.46. The van der Waals surface area contributed by atoms with Crippen molar-refractivity contribution in [2.24, 2.45) is 10.9 Å². The number of aliphatic imine (C=N–C) groups is 1. The molecule has 2 heterocycles. The molecular weight excluding hydrogens is 332 g/mol. The van der Waals surface area contributed by atoms with Crippen LogP contribution in [0.15, 0.2) is 34.2 Å². The van der Waals surface area contributed by atoms with Crippen molar-refractivity contribution in [2.75, 3.05) is 19.7 Å². The van der Waals surface area contributed by atoms with Gasteiger partial charge in [0.1, 0.15) is 5.75 Å². The van der Waals surface area contributed by atoms with Crippen LogP contribution in [-0.4, -0.2) is 35.7 Å². The van der Waals surface area contributed by atoms with Crippen molar-refractivity contribution in [3.8, 4) is 5.75 Å². The quantitative estimate of drug-likeness (QED) is 0.571. The Bertz CT molecular complexity index is 676. The van der Waals surface area contributed by atoms with Gasteiger partial charge in [0, 0.05) is 18.7 Å². The summed E-state index contributed by atoms with van der Waals surface area (Å²) in [4.78, 5) is 19.5. The van der Waals surface area contributed by atoms with Crippen LogP contribution in [0.25, 0.3) is 6.08 Å². The van der Waals surface area contributed by atoms with Gasteiger partial charge >= 0.3 is 0 Å². The minimum absolute atomic E-state index is 0.137. The zero-order valence-electron chi connectivity index (χ0n) is 15.0. The molecule has 0 spiro atoms. The molecule has 0 saturated carbocycles. The molecule has 0 radical (unpaired) electrons. The molecule has 0 unspecified atom stereocenters. The zero-order chi connectivity index (χ0) is 17.6. The highest BCUT2D eigenvalue weighted by Gasteiger charge is 2.28. The van der Waals surface area contributed by atoms with Crippen LogP contribution in [0.5, 0.6) is 5.75 Å². The lowest BCUT2D eigenvalue weighted by Gasteiger charge is -2.30. The van der Waals surface area contributed by atoms with Gasteiger partial charge in [-0.15, -0.1) is 0 Å². The van der Waals surface area contributed by atoms with Gasteiger partial charge in [0.25, 0.3) is 5.91 Å². The lowest BCUT2D eigenvalue weighted by atomic mass is 10.00. The number of piperidine rings is 1. The number of para-hydroxylation sites is 1. The summed E-state index contributed by atoms with van der Waals surface area (Å²) in [5, 5.41) is 0.854. The first kappa shape index (κ1) is 18.1. The Kier molecular flexibility index (Phi) is 6.19. The van der Waals surface area contributed by atoms with E-state index in [1.165, 1.54) is 24.6 Å². The Morgan fingerprint density at radius 1 is 1.32 bits per heavy atom. The first-order valence-electron chi connectivity index (χ1n) is 9.16. The predicted molar refractivity (Wildman–Crippen MR) is 105 cm³/mol. The number of unbranched alkanes of at least 4 members (excludes halogenated alkanes) is 1. The predicted octanol–water partition coefficient (Wildman–Crippen LogP) is 4.57. The number of rotatable bonds is 5. The van der Waals surface area contributed by atoms with Gasteiger partial charge in [0.05, 0.1) is 11.5 Å². The van der Waals surface area contributed by atoms with Crippen molar-refractivity contribution in [1.29, 1.82) is 0 Å². The molecular formula is C20H26N2O2S. The van der Waals surface area contributed by atoms with Crippen LogP contribution >= 0.6 is 11.8 Å². The Labute approximate surface area is 154 Å². The van der Waals surface area contributed by atoms with Crippen LogP contribution in [0.3, 0.4) is 0 Å². The smallest absolute Gasteiger partial charge is 0.286 e. The molecule has 0 bridgehead atoms. The molecule has 1 aromatic carbocycles. The Morgan fingerprint density at radius 2 is 2.08 bits per heavy atom. The minimum atomic E-state index is -0.137. The number of likely N-dealkylation sites (tertiary alicyclic amines) is 1. The molecule has 0 aromatic heterocycles. The number of benzene rings is 1. The van der Waals surface area contributed by atoms with Gasteiger partial charge in [-0.25, -0.2) is 0 Å². The molecule has 5 heteroatoms. The van der Waals surface area contributed by atoms with E-state index in [0.717, 1.165) is 48.3 Å². The highest BCUT2D eigenvalue weighted by molar-refractivity contribution is 8.18. The lowest BCUT2D eigenvalue weighted by Crippen LogP contribution is -2.35. The van der Waals surface area contributed by atoms with E-state index in [2.05, 4.69) is 23.7 Å². The fourth-order valence-corrected chi connectivity index (χ4v) is 3.89. The van der Waals surface area contributed by atoms with E-state index in [1.54, 1.807) is 0 Å². The number of ether oxygens (including phenoxy) is 1. The van der Waals surface area contributed by atoms with Gasteiger partial charge < -0.3 is 9.64 Å². The normalized spacial score (nSPS) is 20.2. The van der Waals surface area contributed by atoms with E-state index in [0.29, 0.717) is 11.5 Å². The molecule has 1 aromatic rings. The summed E-state index contributed by atoms with van der Waals surface area (Å²) in [7, 11) is 0. The third-order valence-electron chi connectivity index (χ3n) is 4.62. The van der Waals surface area contributed by atoms with Crippen molar-refractivity contribution in [1.82, 2.24) is 4.90 Å². The molecule has 0 atom stereocenters. The molecule has 0 N–H and O–H groups in total. The number of amidine groups is 1. The summed E-state index contributed by atoms with van der Waals surface area (Å²) in [6.07, 6.45) is 6.38. The van der Waals surface area contributed by atoms with Gasteiger partial charge in [-0.2, -0.15) is 4.99 Å². The second kappa shape index (κ2) is 8.56. The Balaban J connectivity index is 1.70. The zero-order valence-corrected chi connectivity index (χ0v) is 15.8. The largest absolute Gasteiger partial charge is 0.493 e. The van der Waals surface area contributed by atoms with Crippen molar-refractivity contribution in [3.05, 3.63) is 34.7 Å². The van der Waals surface area contributed by atoms with Gasteiger partial charge in [-0.05, 0) is 49.1 Å². The number of amides is 1. The van der Waals surface area contributed by atoms with Gasteiger partial charge in [0.15, 0.2) is 5.17 Å². The molecule has 1 fully saturated rings. The maximum Gasteiger partial charge on any atom is 0.286 e. The van der Waals surface area contributed by atoms with E-state index in [-0.39, 0.29) is 5.91 Å². The molecule has 1 amide bonds. The number of carbonyl (C=O) groups excluding carboxylic acids is 1. The molecule has 3 rings (SSSR count). The number of thioether (sulfide) groups is 1. The van der Waals surface area contributed by atoms with Crippen LogP contribution in [-0.2, 0) is 4.79 Å². The molecule has 2 aliphatic heterocycles. The molecule has 4 nitrogen and oxygen atoms in total. The van der Waals surface area contributed by atoms with E-state index in [9.17, 15) is 4.79 Å². The molecule has 2 aliphatic rings. The fraction of sp³-hybridized carbons (Fsp3) is 0.500. The van der Waals surface area contributed by atoms with Crippen LogP contribution in [0.4, 0.5) is 0 Å². The van der Waals surface area contributed by atoms with Crippen molar-refractivity contribution in [2.45, 2.75) is 39.5 Å². The first-order valence-corrected chi connectivity index (χ1v) is 9.98. The number of nitrogens with zero attached hydrogens (tertiary/aromatic N) is 2. The second-order valence-electron chi connectivity index (χ2n) is 6.72. The maximum atomic E-state index is 12.3. The van der Waals surface area contributed by atoms with Crippen LogP contribution in [0, 0.1) is 5.92 Å². The highest BCUT2D eigenvalue weighted by Crippen LogP contribution is 2.33. The Hall–Kier alpha value is -1.75. The SMILES string of the molecule is CCCCOc1ccccc1/C=C1/SC(N2CCC(C)CC2)=NC1=O. The van der Waals surface area contributed by atoms with Crippen LogP contribution < -0.4 is 4.74 Å². The summed E-state index contributed by atoms with van der Waals surface area (Å²) < 4.78 is 5.87. The van der Waals surface area contributed by atoms with E-state index in [4.69, 9.17) is 4.74 Å². The maximum absolute atomic E-state index is 12.3. The van der Waals surface area contributed by atoms with E-state index >= 15 is 0 Å². The van der Waals surface area contributed by atoms with Crippen LogP contribution in [0.2, 0.25) is 0 Å². The number of carbonyl (C=O) groups is 1. The van der Waals surface area contributed by atoms with Crippen molar-refractivity contribution >= 4 is 28.9 Å². The highest BCUT2D eigenvalue weighted by atomic mass is 32.2. The van der Waals surface area contributed by atoms with Crippen molar-refractivity contribution < 1.29 is 9.53 Å². The van der Waals surface area contributed by atoms with Gasteiger partial charge in [-0.1, -0.05) is 38.5 Å². The molecule has 0 aliphatic carbocycles. The van der Waals surface area contributed by atoms with Crippen LogP contribution in [0.1, 0.15) is 45.1 Å². The molecule has 25 heavy (non-hydrogen) atoms. The average molecular weight is 359 g/mol. The first-order chi connectivity index (χ1) is 12.2. The average Bonchev–Trinajstić information content (AvgIpc) is 2.98. The third kappa shape index (κ3) is 4.66. The monoisotopic (exact) mass is 358 g/mol. The fourth-order valence-electron chi connectivity index (χ4n) is 2.93. The summed E-state index contributed by atoms with van der Waals surface area (Å²) >= 11 is 1.49. The number of hydrogen-bond donors (Lipinski definition) is 0. The Morgan fingerprint density at radius 3 is 2.84 bits per heavy atom.